The van der Waals surface area contributed by atoms with Crippen LogP contribution < -0.4 is 0 Å². The maximum atomic E-state index is 11.6. The number of pyridine rings is 1. The van der Waals surface area contributed by atoms with Crippen LogP contribution in [0.1, 0.15) is 21.6 Å². The van der Waals surface area contributed by atoms with E-state index < -0.39 is 0 Å². The molecule has 1 aliphatic heterocycles. The molecular weight excluding hydrogens is 214 g/mol. The van der Waals surface area contributed by atoms with Crippen molar-refractivity contribution in [1.29, 1.82) is 0 Å². The first kappa shape index (κ1) is 9.78. The van der Waals surface area contributed by atoms with Gasteiger partial charge < -0.3 is 4.74 Å². The second-order valence-electron chi connectivity index (χ2n) is 3.70. The van der Waals surface area contributed by atoms with E-state index in [2.05, 4.69) is 4.98 Å². The van der Waals surface area contributed by atoms with Gasteiger partial charge in [-0.3, -0.25) is 4.98 Å². The van der Waals surface area contributed by atoms with Gasteiger partial charge in [0, 0.05) is 17.8 Å². The summed E-state index contributed by atoms with van der Waals surface area (Å²) in [7, 11) is 0. The third kappa shape index (κ3) is 1.72. The van der Waals surface area contributed by atoms with Crippen molar-refractivity contribution in [3.8, 4) is 0 Å². The summed E-state index contributed by atoms with van der Waals surface area (Å²) in [5, 5.41) is 0. The molecule has 0 fully saturated rings. The molecule has 0 spiro atoms. The highest BCUT2D eigenvalue weighted by Crippen LogP contribution is 2.30. The number of nitrogens with zero attached hydrogens (tertiary/aromatic N) is 1. The first-order chi connectivity index (χ1) is 8.34. The van der Waals surface area contributed by atoms with E-state index >= 15 is 0 Å². The lowest BCUT2D eigenvalue weighted by Crippen LogP contribution is -1.92. The monoisotopic (exact) mass is 223 g/mol. The van der Waals surface area contributed by atoms with Crippen molar-refractivity contribution in [2.24, 2.45) is 0 Å². The summed E-state index contributed by atoms with van der Waals surface area (Å²) in [6.45, 7) is 0. The predicted octanol–water partition coefficient (Wildman–Crippen LogP) is 2.75. The molecule has 0 amide bonds. The number of carbonyl (C=O) groups is 1. The third-order valence-electron chi connectivity index (χ3n) is 2.58. The summed E-state index contributed by atoms with van der Waals surface area (Å²) in [5.41, 5.74) is 2.20. The fourth-order valence-corrected chi connectivity index (χ4v) is 1.79. The molecule has 0 aliphatic carbocycles. The quantitative estimate of drug-likeness (QED) is 0.698. The second-order valence-corrected chi connectivity index (χ2v) is 3.70. The van der Waals surface area contributed by atoms with Crippen molar-refractivity contribution in [2.75, 3.05) is 0 Å². The lowest BCUT2D eigenvalue weighted by Gasteiger charge is -1.97. The van der Waals surface area contributed by atoms with Gasteiger partial charge in [0.2, 0.25) is 0 Å². The number of rotatable bonds is 1. The van der Waals surface area contributed by atoms with Gasteiger partial charge in [-0.1, -0.05) is 24.3 Å². The molecule has 0 saturated carbocycles. The Morgan fingerprint density at radius 3 is 2.53 bits per heavy atom. The summed E-state index contributed by atoms with van der Waals surface area (Å²) in [6, 6.07) is 12.9. The zero-order valence-corrected chi connectivity index (χ0v) is 8.96. The molecule has 3 nitrogen and oxygen atoms in total. The predicted molar refractivity (Wildman–Crippen MR) is 64.0 cm³/mol. The zero-order valence-electron chi connectivity index (χ0n) is 8.96. The van der Waals surface area contributed by atoms with E-state index in [1.54, 1.807) is 18.3 Å². The average Bonchev–Trinajstić information content (AvgIpc) is 2.69. The Morgan fingerprint density at radius 2 is 1.76 bits per heavy atom. The molecule has 3 heteroatoms. The number of cyclic esters (lactones) is 1. The average molecular weight is 223 g/mol. The Morgan fingerprint density at radius 1 is 1.00 bits per heavy atom. The molecule has 1 aromatic carbocycles. The number of hydrogen-bond donors (Lipinski definition) is 0. The molecule has 0 saturated heterocycles. The molecule has 1 aromatic heterocycles. The van der Waals surface area contributed by atoms with Crippen LogP contribution in [0, 0.1) is 0 Å². The summed E-state index contributed by atoms with van der Waals surface area (Å²) in [4.78, 5) is 15.8. The van der Waals surface area contributed by atoms with Crippen molar-refractivity contribution in [3.63, 3.8) is 0 Å². The maximum Gasteiger partial charge on any atom is 0.344 e. The molecule has 0 unspecified atom stereocenters. The number of ether oxygens (including phenoxy) is 1. The molecule has 2 heterocycles. The van der Waals surface area contributed by atoms with E-state index in [0.717, 1.165) is 11.3 Å². The van der Waals surface area contributed by atoms with Gasteiger partial charge in [0.05, 0.1) is 11.3 Å². The van der Waals surface area contributed by atoms with Crippen molar-refractivity contribution >= 4 is 17.8 Å². The van der Waals surface area contributed by atoms with Gasteiger partial charge in [-0.2, -0.15) is 0 Å². The Labute approximate surface area is 98.4 Å². The minimum absolute atomic E-state index is 0.303. The van der Waals surface area contributed by atoms with E-state index in [-0.39, 0.29) is 5.97 Å². The van der Waals surface area contributed by atoms with Crippen LogP contribution >= 0.6 is 0 Å². The Balaban J connectivity index is 2.08. The minimum Gasteiger partial charge on any atom is -0.422 e. The van der Waals surface area contributed by atoms with Gasteiger partial charge in [0.1, 0.15) is 5.76 Å². The van der Waals surface area contributed by atoms with Crippen LogP contribution in [0.4, 0.5) is 0 Å². The van der Waals surface area contributed by atoms with Crippen LogP contribution in [0.15, 0.2) is 48.7 Å². The SMILES string of the molecule is O=C1O/C(=C/c2ccccn2)c2ccccc21. The van der Waals surface area contributed by atoms with Gasteiger partial charge in [-0.05, 0) is 18.2 Å². The lowest BCUT2D eigenvalue weighted by molar-refractivity contribution is 0.0717. The molecule has 0 N–H and O–H groups in total. The largest absolute Gasteiger partial charge is 0.422 e. The van der Waals surface area contributed by atoms with Gasteiger partial charge in [0.15, 0.2) is 0 Å². The molecule has 17 heavy (non-hydrogen) atoms. The van der Waals surface area contributed by atoms with E-state index in [4.69, 9.17) is 4.74 Å². The van der Waals surface area contributed by atoms with Gasteiger partial charge in [0.25, 0.3) is 0 Å². The smallest absolute Gasteiger partial charge is 0.344 e. The topological polar surface area (TPSA) is 39.2 Å². The summed E-state index contributed by atoms with van der Waals surface area (Å²) in [5.74, 6) is 0.257. The molecule has 0 atom stereocenters. The Bertz CT molecular complexity index is 603. The number of benzene rings is 1. The van der Waals surface area contributed by atoms with Gasteiger partial charge in [-0.15, -0.1) is 0 Å². The van der Waals surface area contributed by atoms with Crippen LogP contribution in [0.25, 0.3) is 11.8 Å². The Hall–Kier alpha value is -2.42. The first-order valence-corrected chi connectivity index (χ1v) is 5.29. The van der Waals surface area contributed by atoms with E-state index in [1.807, 2.05) is 36.4 Å². The number of aromatic nitrogens is 1. The van der Waals surface area contributed by atoms with Crippen molar-refractivity contribution in [1.82, 2.24) is 4.98 Å². The molecule has 82 valence electrons. The fraction of sp³-hybridized carbons (Fsp3) is 0. The van der Waals surface area contributed by atoms with Crippen LogP contribution in [0.2, 0.25) is 0 Å². The van der Waals surface area contributed by atoms with Crippen LogP contribution in [-0.4, -0.2) is 11.0 Å². The summed E-state index contributed by atoms with van der Waals surface area (Å²) in [6.07, 6.45) is 3.47. The molecule has 0 bridgehead atoms. The van der Waals surface area contributed by atoms with E-state index in [1.165, 1.54) is 0 Å². The highest BCUT2D eigenvalue weighted by atomic mass is 16.5. The van der Waals surface area contributed by atoms with Crippen molar-refractivity contribution in [2.45, 2.75) is 0 Å². The lowest BCUT2D eigenvalue weighted by atomic mass is 10.1. The fourth-order valence-electron chi connectivity index (χ4n) is 1.79. The minimum atomic E-state index is -0.303. The summed E-state index contributed by atoms with van der Waals surface area (Å²) < 4.78 is 5.22. The van der Waals surface area contributed by atoms with Gasteiger partial charge >= 0.3 is 5.97 Å². The highest BCUT2D eigenvalue weighted by molar-refractivity contribution is 6.05. The number of esters is 1. The maximum absolute atomic E-state index is 11.6. The highest BCUT2D eigenvalue weighted by Gasteiger charge is 2.25. The zero-order chi connectivity index (χ0) is 11.7. The van der Waals surface area contributed by atoms with E-state index in [9.17, 15) is 4.79 Å². The standard InChI is InChI=1S/C14H9NO2/c16-14-12-7-2-1-6-11(12)13(17-14)9-10-5-3-4-8-15-10/h1-9H/b13-9+. The number of hydrogen-bond acceptors (Lipinski definition) is 3. The Kier molecular flexibility index (Phi) is 2.22. The molecule has 1 aliphatic rings. The van der Waals surface area contributed by atoms with Crippen molar-refractivity contribution in [3.05, 3.63) is 65.5 Å². The van der Waals surface area contributed by atoms with Crippen LogP contribution in [0.3, 0.4) is 0 Å². The van der Waals surface area contributed by atoms with E-state index in [0.29, 0.717) is 11.3 Å². The third-order valence-corrected chi connectivity index (χ3v) is 2.58. The van der Waals surface area contributed by atoms with Gasteiger partial charge in [-0.25, -0.2) is 4.79 Å². The van der Waals surface area contributed by atoms with Crippen LogP contribution in [-0.2, 0) is 4.74 Å². The van der Waals surface area contributed by atoms with Crippen molar-refractivity contribution < 1.29 is 9.53 Å². The van der Waals surface area contributed by atoms with Crippen LogP contribution in [0.5, 0.6) is 0 Å². The molecule has 2 aromatic rings. The molecule has 0 radical (unpaired) electrons. The number of fused-ring (bicyclic) bond motifs is 1. The normalized spacial score (nSPS) is 15.8. The molecular formula is C14H9NO2. The summed E-state index contributed by atoms with van der Waals surface area (Å²) >= 11 is 0. The second kappa shape index (κ2) is 3.87. The first-order valence-electron chi connectivity index (χ1n) is 5.29. The number of carbonyl (C=O) groups excluding carboxylic acids is 1. The molecule has 3 rings (SSSR count).